The fraction of sp³-hybridized carbons (Fsp3) is 0.214. The van der Waals surface area contributed by atoms with E-state index in [4.69, 9.17) is 40.1 Å². The van der Waals surface area contributed by atoms with Crippen molar-refractivity contribution in [3.05, 3.63) is 50.2 Å². The third-order valence-corrected chi connectivity index (χ3v) is 4.03. The molecule has 0 unspecified atom stereocenters. The van der Waals surface area contributed by atoms with Crippen LogP contribution in [0.4, 0.5) is 5.69 Å². The lowest BCUT2D eigenvalue weighted by atomic mass is 10.2. The maximum atomic E-state index is 9.01. The van der Waals surface area contributed by atoms with E-state index in [0.717, 1.165) is 11.3 Å². The van der Waals surface area contributed by atoms with E-state index in [0.29, 0.717) is 33.0 Å². The Kier molecular flexibility index (Phi) is 4.49. The normalized spacial score (nSPS) is 10.4. The molecule has 0 aliphatic heterocycles. The molecule has 0 saturated heterocycles. The minimum Gasteiger partial charge on any atom is -0.378 e. The van der Waals surface area contributed by atoms with E-state index in [1.165, 1.54) is 0 Å². The first-order valence-corrected chi connectivity index (χ1v) is 7.01. The number of benzene rings is 1. The number of aromatic nitrogens is 1. The number of halogens is 3. The Labute approximate surface area is 132 Å². The van der Waals surface area contributed by atoms with Crippen LogP contribution in [-0.4, -0.2) is 4.57 Å². The maximum Gasteiger partial charge on any atom is 0.120 e. The summed E-state index contributed by atoms with van der Waals surface area (Å²) in [5.41, 5.74) is 3.30. The van der Waals surface area contributed by atoms with Crippen LogP contribution < -0.4 is 5.32 Å². The molecule has 0 amide bonds. The molecule has 20 heavy (non-hydrogen) atoms. The number of hydrogen-bond acceptors (Lipinski definition) is 2. The summed E-state index contributed by atoms with van der Waals surface area (Å²) in [5, 5.41) is 13.6. The Bertz CT molecular complexity index is 675. The molecule has 0 spiro atoms. The van der Waals surface area contributed by atoms with Gasteiger partial charge in [-0.15, -0.1) is 0 Å². The van der Waals surface area contributed by atoms with Gasteiger partial charge in [-0.1, -0.05) is 34.8 Å². The zero-order chi connectivity index (χ0) is 14.9. The number of anilines is 1. The van der Waals surface area contributed by atoms with E-state index in [-0.39, 0.29) is 0 Å². The molecule has 0 atom stereocenters. The summed E-state index contributed by atoms with van der Waals surface area (Å²) < 4.78 is 1.85. The lowest BCUT2D eigenvalue weighted by Crippen LogP contribution is -2.02. The molecule has 0 aliphatic rings. The Morgan fingerprint density at radius 3 is 2.30 bits per heavy atom. The Morgan fingerprint density at radius 2 is 1.80 bits per heavy atom. The van der Waals surface area contributed by atoms with Gasteiger partial charge in [-0.25, -0.2) is 0 Å². The van der Waals surface area contributed by atoms with E-state index >= 15 is 0 Å². The first-order valence-electron chi connectivity index (χ1n) is 5.87. The lowest BCUT2D eigenvalue weighted by molar-refractivity contribution is 0.856. The summed E-state index contributed by atoms with van der Waals surface area (Å²) in [6.45, 7) is 2.49. The largest absolute Gasteiger partial charge is 0.378 e. The average molecular weight is 329 g/mol. The Balaban J connectivity index is 2.24. The molecular formula is C14H12Cl3N3. The van der Waals surface area contributed by atoms with Crippen LogP contribution >= 0.6 is 34.8 Å². The van der Waals surface area contributed by atoms with Crippen LogP contribution in [-0.2, 0) is 13.6 Å². The van der Waals surface area contributed by atoms with E-state index in [9.17, 15) is 0 Å². The molecule has 6 heteroatoms. The van der Waals surface area contributed by atoms with Crippen LogP contribution in [0.2, 0.25) is 15.1 Å². The fourth-order valence-electron chi connectivity index (χ4n) is 1.94. The quantitative estimate of drug-likeness (QED) is 0.881. The smallest absolute Gasteiger partial charge is 0.120 e. The van der Waals surface area contributed by atoms with Gasteiger partial charge in [0, 0.05) is 24.3 Å². The van der Waals surface area contributed by atoms with Crippen LogP contribution in [0.5, 0.6) is 0 Å². The summed E-state index contributed by atoms with van der Waals surface area (Å²) in [5.74, 6) is 0. The Morgan fingerprint density at radius 1 is 1.20 bits per heavy atom. The summed E-state index contributed by atoms with van der Waals surface area (Å²) >= 11 is 18.1. The molecule has 0 radical (unpaired) electrons. The van der Waals surface area contributed by atoms with Crippen molar-refractivity contribution in [2.75, 3.05) is 5.32 Å². The van der Waals surface area contributed by atoms with Gasteiger partial charge in [-0.3, -0.25) is 0 Å². The predicted octanol–water partition coefficient (Wildman–Crippen LogP) is 4.78. The van der Waals surface area contributed by atoms with Gasteiger partial charge in [0.15, 0.2) is 0 Å². The number of rotatable bonds is 3. The van der Waals surface area contributed by atoms with Crippen LogP contribution in [0, 0.1) is 18.3 Å². The van der Waals surface area contributed by atoms with Crippen molar-refractivity contribution in [1.82, 2.24) is 4.57 Å². The van der Waals surface area contributed by atoms with Gasteiger partial charge in [0.25, 0.3) is 0 Å². The van der Waals surface area contributed by atoms with Crippen molar-refractivity contribution in [3.8, 4) is 6.07 Å². The van der Waals surface area contributed by atoms with E-state index in [1.54, 1.807) is 12.1 Å². The molecule has 1 heterocycles. The minimum absolute atomic E-state index is 0.469. The highest BCUT2D eigenvalue weighted by molar-refractivity contribution is 6.41. The van der Waals surface area contributed by atoms with Gasteiger partial charge >= 0.3 is 0 Å². The summed E-state index contributed by atoms with van der Waals surface area (Å²) in [6, 6.07) is 7.27. The molecule has 0 bridgehead atoms. The third-order valence-electron chi connectivity index (χ3n) is 3.22. The van der Waals surface area contributed by atoms with Crippen molar-refractivity contribution < 1.29 is 0 Å². The molecule has 1 aromatic heterocycles. The van der Waals surface area contributed by atoms with E-state index in [2.05, 4.69) is 11.4 Å². The monoisotopic (exact) mass is 327 g/mol. The van der Waals surface area contributed by atoms with Gasteiger partial charge in [0.2, 0.25) is 0 Å². The molecule has 3 nitrogen and oxygen atoms in total. The summed E-state index contributed by atoms with van der Waals surface area (Å²) in [6.07, 6.45) is 0. The van der Waals surface area contributed by atoms with E-state index < -0.39 is 0 Å². The molecular weight excluding hydrogens is 317 g/mol. The molecule has 104 valence electrons. The highest BCUT2D eigenvalue weighted by Gasteiger charge is 2.11. The van der Waals surface area contributed by atoms with Gasteiger partial charge < -0.3 is 9.88 Å². The van der Waals surface area contributed by atoms with Gasteiger partial charge in [-0.05, 0) is 30.7 Å². The molecule has 2 rings (SSSR count). The van der Waals surface area contributed by atoms with Gasteiger partial charge in [0.05, 0.1) is 15.7 Å². The van der Waals surface area contributed by atoms with Crippen LogP contribution in [0.3, 0.4) is 0 Å². The first-order chi connectivity index (χ1) is 9.43. The molecule has 1 aromatic carbocycles. The second-order valence-electron chi connectivity index (χ2n) is 4.41. The summed E-state index contributed by atoms with van der Waals surface area (Å²) in [7, 11) is 1.86. The standard InChI is InChI=1S/C14H12Cl3N3/c1-8-9(3-11(6-18)20(8)2)7-19-14-12(16)4-10(15)5-13(14)17/h3-5,19H,7H2,1-2H3. The predicted molar refractivity (Wildman–Crippen MR) is 83.7 cm³/mol. The van der Waals surface area contributed by atoms with Crippen molar-refractivity contribution in [2.24, 2.45) is 7.05 Å². The van der Waals surface area contributed by atoms with Crippen LogP contribution in [0.1, 0.15) is 17.0 Å². The number of nitrogens with one attached hydrogen (secondary N) is 1. The molecule has 0 aliphatic carbocycles. The Hall–Kier alpha value is -1.34. The second kappa shape index (κ2) is 5.97. The molecule has 1 N–H and O–H groups in total. The first kappa shape index (κ1) is 15.1. The third kappa shape index (κ3) is 2.88. The van der Waals surface area contributed by atoms with E-state index in [1.807, 2.05) is 24.6 Å². The number of nitriles is 1. The second-order valence-corrected chi connectivity index (χ2v) is 5.66. The van der Waals surface area contributed by atoms with Crippen LogP contribution in [0.15, 0.2) is 18.2 Å². The zero-order valence-electron chi connectivity index (χ0n) is 11.0. The van der Waals surface area contributed by atoms with Gasteiger partial charge in [-0.2, -0.15) is 5.26 Å². The van der Waals surface area contributed by atoms with Crippen molar-refractivity contribution >= 4 is 40.5 Å². The number of nitrogens with zero attached hydrogens (tertiary/aromatic N) is 2. The van der Waals surface area contributed by atoms with Crippen LogP contribution in [0.25, 0.3) is 0 Å². The minimum atomic E-state index is 0.469. The fourth-order valence-corrected chi connectivity index (χ4v) is 2.89. The highest BCUT2D eigenvalue weighted by Crippen LogP contribution is 2.34. The topological polar surface area (TPSA) is 40.8 Å². The summed E-state index contributed by atoms with van der Waals surface area (Å²) in [4.78, 5) is 0. The molecule has 0 saturated carbocycles. The van der Waals surface area contributed by atoms with Crippen molar-refractivity contribution in [3.63, 3.8) is 0 Å². The van der Waals surface area contributed by atoms with Gasteiger partial charge in [0.1, 0.15) is 11.8 Å². The molecule has 2 aromatic rings. The average Bonchev–Trinajstić information content (AvgIpc) is 2.65. The highest BCUT2D eigenvalue weighted by atomic mass is 35.5. The SMILES string of the molecule is Cc1c(CNc2c(Cl)cc(Cl)cc2Cl)cc(C#N)n1C. The molecule has 0 fully saturated rings. The number of hydrogen-bond donors (Lipinski definition) is 1. The zero-order valence-corrected chi connectivity index (χ0v) is 13.2. The maximum absolute atomic E-state index is 9.01. The lowest BCUT2D eigenvalue weighted by Gasteiger charge is -2.11. The van der Waals surface area contributed by atoms with Crippen molar-refractivity contribution in [2.45, 2.75) is 13.5 Å². The van der Waals surface area contributed by atoms with Crippen molar-refractivity contribution in [1.29, 1.82) is 5.26 Å².